The Hall–Kier alpha value is -2.64. The minimum atomic E-state index is -0.716. The Morgan fingerprint density at radius 3 is 2.72 bits per heavy atom. The van der Waals surface area contributed by atoms with Gasteiger partial charge in [-0.25, -0.2) is 4.98 Å². The second-order valence-corrected chi connectivity index (χ2v) is 8.58. The van der Waals surface area contributed by atoms with Crippen LogP contribution in [0.1, 0.15) is 56.3 Å². The Bertz CT molecular complexity index is 820. The van der Waals surface area contributed by atoms with Crippen molar-refractivity contribution in [1.29, 1.82) is 0 Å². The summed E-state index contributed by atoms with van der Waals surface area (Å²) in [7, 11) is 0. The largest absolute Gasteiger partial charge is 0.347 e. The summed E-state index contributed by atoms with van der Waals surface area (Å²) in [5.74, 6) is 0.986. The number of carbonyl (C=O) groups is 3. The van der Waals surface area contributed by atoms with Crippen LogP contribution >= 0.6 is 0 Å². The Morgan fingerprint density at radius 2 is 1.97 bits per heavy atom. The summed E-state index contributed by atoms with van der Waals surface area (Å²) >= 11 is 0. The molecule has 1 aromatic rings. The van der Waals surface area contributed by atoms with Crippen LogP contribution in [0.2, 0.25) is 0 Å². The Balaban J connectivity index is 1.47. The van der Waals surface area contributed by atoms with Gasteiger partial charge >= 0.3 is 0 Å². The molecule has 1 spiro atoms. The lowest BCUT2D eigenvalue weighted by Crippen LogP contribution is -2.58. The SMILES string of the molecule is CC1CCN(C(=O)C(C)N2CCC3(CCC2=O)NC(=O)c2cccnc2N3)CC1. The summed E-state index contributed by atoms with van der Waals surface area (Å²) in [6.07, 6.45) is 4.92. The Kier molecular flexibility index (Phi) is 5.19. The summed E-state index contributed by atoms with van der Waals surface area (Å²) in [5, 5.41) is 6.38. The fourth-order valence-corrected chi connectivity index (χ4v) is 4.54. The highest BCUT2D eigenvalue weighted by atomic mass is 16.2. The summed E-state index contributed by atoms with van der Waals surface area (Å²) in [4.78, 5) is 46.2. The maximum absolute atomic E-state index is 13.0. The highest BCUT2D eigenvalue weighted by Gasteiger charge is 2.42. The summed E-state index contributed by atoms with van der Waals surface area (Å²) < 4.78 is 0. The van der Waals surface area contributed by atoms with Crippen LogP contribution in [0.25, 0.3) is 0 Å². The number of carbonyl (C=O) groups excluding carboxylic acids is 3. The van der Waals surface area contributed by atoms with Gasteiger partial charge < -0.3 is 20.4 Å². The van der Waals surface area contributed by atoms with Crippen molar-refractivity contribution in [3.05, 3.63) is 23.9 Å². The molecule has 3 aliphatic rings. The third-order valence-corrected chi connectivity index (χ3v) is 6.55. The molecular formula is C21H29N5O3. The fraction of sp³-hybridized carbons (Fsp3) is 0.619. The average Bonchev–Trinajstić information content (AvgIpc) is 2.87. The van der Waals surface area contributed by atoms with Crippen LogP contribution < -0.4 is 10.6 Å². The number of aromatic nitrogens is 1. The lowest BCUT2D eigenvalue weighted by atomic mass is 9.97. The van der Waals surface area contributed by atoms with E-state index in [-0.39, 0.29) is 24.1 Å². The molecule has 8 nitrogen and oxygen atoms in total. The highest BCUT2D eigenvalue weighted by Crippen LogP contribution is 2.31. The van der Waals surface area contributed by atoms with Crippen molar-refractivity contribution in [2.24, 2.45) is 5.92 Å². The Labute approximate surface area is 171 Å². The summed E-state index contributed by atoms with van der Waals surface area (Å²) in [5.41, 5.74) is -0.208. The van der Waals surface area contributed by atoms with Crippen molar-refractivity contribution >= 4 is 23.5 Å². The van der Waals surface area contributed by atoms with E-state index >= 15 is 0 Å². The predicted molar refractivity (Wildman–Crippen MR) is 108 cm³/mol. The number of amides is 3. The molecule has 156 valence electrons. The Morgan fingerprint density at radius 1 is 1.21 bits per heavy atom. The van der Waals surface area contributed by atoms with Gasteiger partial charge in [0, 0.05) is 38.7 Å². The maximum atomic E-state index is 13.0. The zero-order valence-corrected chi connectivity index (χ0v) is 17.1. The molecule has 4 heterocycles. The first-order valence-electron chi connectivity index (χ1n) is 10.5. The number of nitrogens with one attached hydrogen (secondary N) is 2. The molecule has 0 aliphatic carbocycles. The van der Waals surface area contributed by atoms with Gasteiger partial charge in [0.05, 0.1) is 5.56 Å². The van der Waals surface area contributed by atoms with E-state index in [1.54, 1.807) is 23.2 Å². The smallest absolute Gasteiger partial charge is 0.256 e. The highest BCUT2D eigenvalue weighted by molar-refractivity contribution is 6.01. The van der Waals surface area contributed by atoms with E-state index in [0.717, 1.165) is 25.9 Å². The van der Waals surface area contributed by atoms with Gasteiger partial charge in [0.15, 0.2) is 0 Å². The number of nitrogens with zero attached hydrogens (tertiary/aromatic N) is 3. The number of hydrogen-bond donors (Lipinski definition) is 2. The van der Waals surface area contributed by atoms with E-state index in [0.29, 0.717) is 36.7 Å². The van der Waals surface area contributed by atoms with Gasteiger partial charge in [-0.3, -0.25) is 14.4 Å². The van der Waals surface area contributed by atoms with E-state index in [1.807, 2.05) is 11.8 Å². The van der Waals surface area contributed by atoms with Gasteiger partial charge in [0.25, 0.3) is 5.91 Å². The number of likely N-dealkylation sites (tertiary alicyclic amines) is 2. The first-order valence-corrected chi connectivity index (χ1v) is 10.5. The standard InChI is InChI=1S/C21H29N5O3/c1-14-6-11-25(12-7-14)20(29)15(2)26-13-9-21(8-5-17(26)27)23-18-16(19(28)24-21)4-3-10-22-18/h3-4,10,14-15H,5-9,11-13H2,1-2H3,(H,22,23)(H,24,28). The minimum Gasteiger partial charge on any atom is -0.347 e. The first-order chi connectivity index (χ1) is 13.9. The molecule has 2 fully saturated rings. The van der Waals surface area contributed by atoms with Gasteiger partial charge in [0.1, 0.15) is 17.5 Å². The minimum absolute atomic E-state index is 0.0221. The normalized spacial score (nSPS) is 26.4. The molecule has 2 unspecified atom stereocenters. The van der Waals surface area contributed by atoms with Gasteiger partial charge in [0.2, 0.25) is 11.8 Å². The van der Waals surface area contributed by atoms with Gasteiger partial charge in [-0.1, -0.05) is 6.92 Å². The third kappa shape index (κ3) is 3.80. The van der Waals surface area contributed by atoms with Crippen molar-refractivity contribution in [2.45, 2.75) is 57.7 Å². The molecule has 2 atom stereocenters. The van der Waals surface area contributed by atoms with Crippen LogP contribution in [0, 0.1) is 5.92 Å². The maximum Gasteiger partial charge on any atom is 0.256 e. The zero-order valence-electron chi connectivity index (χ0n) is 17.1. The molecule has 8 heteroatoms. The molecule has 0 bridgehead atoms. The second-order valence-electron chi connectivity index (χ2n) is 8.58. The number of hydrogen-bond acceptors (Lipinski definition) is 5. The lowest BCUT2D eigenvalue weighted by Gasteiger charge is -2.39. The fourth-order valence-electron chi connectivity index (χ4n) is 4.54. The zero-order chi connectivity index (χ0) is 20.6. The van der Waals surface area contributed by atoms with Crippen molar-refractivity contribution in [2.75, 3.05) is 25.0 Å². The number of rotatable bonds is 2. The summed E-state index contributed by atoms with van der Waals surface area (Å²) in [6.45, 7) is 5.96. The van der Waals surface area contributed by atoms with E-state index in [2.05, 4.69) is 22.5 Å². The van der Waals surface area contributed by atoms with E-state index in [1.165, 1.54) is 0 Å². The molecule has 3 aliphatic heterocycles. The third-order valence-electron chi connectivity index (χ3n) is 6.55. The van der Waals surface area contributed by atoms with E-state index < -0.39 is 11.7 Å². The summed E-state index contributed by atoms with van der Waals surface area (Å²) in [6, 6.07) is 2.97. The molecule has 2 N–H and O–H groups in total. The average molecular weight is 399 g/mol. The van der Waals surface area contributed by atoms with Crippen molar-refractivity contribution < 1.29 is 14.4 Å². The molecule has 2 saturated heterocycles. The van der Waals surface area contributed by atoms with Crippen molar-refractivity contribution in [3.63, 3.8) is 0 Å². The molecule has 0 aromatic carbocycles. The topological polar surface area (TPSA) is 94.6 Å². The quantitative estimate of drug-likeness (QED) is 0.788. The molecule has 0 radical (unpaired) electrons. The first kappa shape index (κ1) is 19.7. The van der Waals surface area contributed by atoms with Crippen LogP contribution in [0.15, 0.2) is 18.3 Å². The molecule has 3 amide bonds. The van der Waals surface area contributed by atoms with Gasteiger partial charge in [-0.2, -0.15) is 0 Å². The van der Waals surface area contributed by atoms with E-state index in [9.17, 15) is 14.4 Å². The molecule has 4 rings (SSSR count). The van der Waals surface area contributed by atoms with Crippen molar-refractivity contribution in [3.8, 4) is 0 Å². The van der Waals surface area contributed by atoms with Gasteiger partial charge in [-0.05, 0) is 44.2 Å². The van der Waals surface area contributed by atoms with Crippen LogP contribution in [0.3, 0.4) is 0 Å². The van der Waals surface area contributed by atoms with Crippen LogP contribution in [0.5, 0.6) is 0 Å². The molecule has 29 heavy (non-hydrogen) atoms. The second kappa shape index (κ2) is 7.65. The number of pyridine rings is 1. The number of anilines is 1. The number of fused-ring (bicyclic) bond motifs is 1. The van der Waals surface area contributed by atoms with E-state index in [4.69, 9.17) is 0 Å². The lowest BCUT2D eigenvalue weighted by molar-refractivity contribution is -0.145. The van der Waals surface area contributed by atoms with Crippen LogP contribution in [-0.2, 0) is 9.59 Å². The molecule has 0 saturated carbocycles. The predicted octanol–water partition coefficient (Wildman–Crippen LogP) is 1.59. The van der Waals surface area contributed by atoms with Crippen molar-refractivity contribution in [1.82, 2.24) is 20.1 Å². The molecular weight excluding hydrogens is 370 g/mol. The van der Waals surface area contributed by atoms with Crippen LogP contribution in [0.4, 0.5) is 5.82 Å². The van der Waals surface area contributed by atoms with Gasteiger partial charge in [-0.15, -0.1) is 0 Å². The number of piperidine rings is 1. The molecule has 1 aromatic heterocycles. The van der Waals surface area contributed by atoms with Crippen LogP contribution in [-0.4, -0.2) is 63.8 Å². The monoisotopic (exact) mass is 399 g/mol.